The van der Waals surface area contributed by atoms with Crippen LogP contribution in [-0.2, 0) is 7.05 Å². The molecule has 0 bridgehead atoms. The molecule has 1 heterocycles. The second-order valence-electron chi connectivity index (χ2n) is 4.26. The van der Waals surface area contributed by atoms with Crippen LogP contribution in [0.4, 0.5) is 16.2 Å². The number of nitrogens with zero attached hydrogens (tertiary/aromatic N) is 2. The Morgan fingerprint density at radius 1 is 1.20 bits per heavy atom. The molecule has 3 N–H and O–H groups in total. The maximum absolute atomic E-state index is 11.8. The van der Waals surface area contributed by atoms with E-state index in [4.69, 9.17) is 5.11 Å². The van der Waals surface area contributed by atoms with E-state index in [0.29, 0.717) is 17.1 Å². The minimum Gasteiger partial charge on any atom is -0.478 e. The van der Waals surface area contributed by atoms with E-state index >= 15 is 0 Å². The van der Waals surface area contributed by atoms with Gasteiger partial charge >= 0.3 is 12.0 Å². The highest BCUT2D eigenvalue weighted by atomic mass is 16.4. The summed E-state index contributed by atoms with van der Waals surface area (Å²) in [6, 6.07) is 5.49. The third-order valence-electron chi connectivity index (χ3n) is 2.65. The molecule has 0 saturated heterocycles. The minimum absolute atomic E-state index is 0.166. The summed E-state index contributed by atoms with van der Waals surface area (Å²) < 4.78 is 1.60. The molecule has 1 aromatic heterocycles. The molecule has 0 aliphatic heterocycles. The fourth-order valence-corrected chi connectivity index (χ4v) is 1.70. The van der Waals surface area contributed by atoms with Crippen molar-refractivity contribution < 1.29 is 14.7 Å². The third-order valence-corrected chi connectivity index (χ3v) is 2.65. The quantitative estimate of drug-likeness (QED) is 0.798. The monoisotopic (exact) mass is 274 g/mol. The zero-order chi connectivity index (χ0) is 14.7. The van der Waals surface area contributed by atoms with Crippen molar-refractivity contribution in [1.82, 2.24) is 9.78 Å². The molecule has 0 unspecified atom stereocenters. The number of nitrogens with one attached hydrogen (secondary N) is 2. The highest BCUT2D eigenvalue weighted by molar-refractivity contribution is 6.00. The Balaban J connectivity index is 2.01. The number of aromatic carboxylic acids is 1. The molecule has 0 saturated carbocycles. The van der Waals surface area contributed by atoms with Gasteiger partial charge < -0.3 is 15.7 Å². The molecule has 0 aliphatic rings. The summed E-state index contributed by atoms with van der Waals surface area (Å²) in [6.45, 7) is 1.79. The fraction of sp³-hybridized carbons (Fsp3) is 0.154. The van der Waals surface area contributed by atoms with E-state index in [0.717, 1.165) is 0 Å². The van der Waals surface area contributed by atoms with E-state index in [-0.39, 0.29) is 5.56 Å². The summed E-state index contributed by atoms with van der Waals surface area (Å²) in [5, 5.41) is 18.2. The Bertz CT molecular complexity index is 646. The van der Waals surface area contributed by atoms with Crippen LogP contribution in [0, 0.1) is 6.92 Å². The van der Waals surface area contributed by atoms with Gasteiger partial charge in [-0.15, -0.1) is 0 Å². The Morgan fingerprint density at radius 2 is 1.85 bits per heavy atom. The van der Waals surface area contributed by atoms with Crippen LogP contribution in [0.25, 0.3) is 0 Å². The maximum atomic E-state index is 11.8. The molecule has 2 rings (SSSR count). The van der Waals surface area contributed by atoms with Gasteiger partial charge in [0, 0.05) is 18.9 Å². The standard InChI is InChI=1S/C13H14N4O3/c1-8-11(7-17(2)16-8)15-13(20)14-10-5-3-9(4-6-10)12(18)19/h3-7H,1-2H3,(H,18,19)(H2,14,15,20). The highest BCUT2D eigenvalue weighted by Crippen LogP contribution is 2.13. The molecule has 2 aromatic rings. The number of carbonyl (C=O) groups is 2. The molecule has 0 fully saturated rings. The minimum atomic E-state index is -1.01. The van der Waals surface area contributed by atoms with Gasteiger partial charge in [-0.2, -0.15) is 5.10 Å². The average molecular weight is 274 g/mol. The van der Waals surface area contributed by atoms with Crippen LogP contribution in [0.1, 0.15) is 16.1 Å². The molecule has 2 amide bonds. The topological polar surface area (TPSA) is 96.3 Å². The third kappa shape index (κ3) is 3.14. The predicted molar refractivity (Wildman–Crippen MR) is 74.0 cm³/mol. The number of carboxylic acids is 1. The summed E-state index contributed by atoms with van der Waals surface area (Å²) in [6.07, 6.45) is 1.70. The number of rotatable bonds is 3. The van der Waals surface area contributed by atoms with Crippen molar-refractivity contribution >= 4 is 23.4 Å². The van der Waals surface area contributed by atoms with Gasteiger partial charge in [-0.1, -0.05) is 0 Å². The fourth-order valence-electron chi connectivity index (χ4n) is 1.70. The lowest BCUT2D eigenvalue weighted by molar-refractivity contribution is 0.0697. The number of hydrogen-bond donors (Lipinski definition) is 3. The average Bonchev–Trinajstić information content (AvgIpc) is 2.68. The van der Waals surface area contributed by atoms with Gasteiger partial charge in [-0.3, -0.25) is 4.68 Å². The molecule has 7 nitrogen and oxygen atoms in total. The first kappa shape index (κ1) is 13.6. The number of amides is 2. The van der Waals surface area contributed by atoms with Gasteiger partial charge in [0.1, 0.15) is 0 Å². The van der Waals surface area contributed by atoms with Crippen molar-refractivity contribution in [3.8, 4) is 0 Å². The molecule has 1 aromatic carbocycles. The number of hydrogen-bond acceptors (Lipinski definition) is 3. The van der Waals surface area contributed by atoms with Crippen molar-refractivity contribution in [3.05, 3.63) is 41.7 Å². The number of aryl methyl sites for hydroxylation is 2. The van der Waals surface area contributed by atoms with Gasteiger partial charge in [-0.25, -0.2) is 9.59 Å². The Hall–Kier alpha value is -2.83. The normalized spacial score (nSPS) is 10.1. The molecule has 0 spiro atoms. The number of anilines is 2. The van der Waals surface area contributed by atoms with Crippen LogP contribution in [-0.4, -0.2) is 26.9 Å². The number of carbonyl (C=O) groups excluding carboxylic acids is 1. The Morgan fingerprint density at radius 3 is 2.35 bits per heavy atom. The molecule has 0 atom stereocenters. The van der Waals surface area contributed by atoms with E-state index in [2.05, 4.69) is 15.7 Å². The summed E-state index contributed by atoms with van der Waals surface area (Å²) in [5.41, 5.74) is 2.00. The second kappa shape index (κ2) is 5.43. The summed E-state index contributed by atoms with van der Waals surface area (Å²) in [7, 11) is 1.76. The molecular weight excluding hydrogens is 260 g/mol. The number of urea groups is 1. The first-order chi connectivity index (χ1) is 9.45. The van der Waals surface area contributed by atoms with Crippen LogP contribution < -0.4 is 10.6 Å². The number of aromatic nitrogens is 2. The smallest absolute Gasteiger partial charge is 0.335 e. The lowest BCUT2D eigenvalue weighted by atomic mass is 10.2. The predicted octanol–water partition coefficient (Wildman–Crippen LogP) is 2.07. The molecule has 104 valence electrons. The number of benzene rings is 1. The van der Waals surface area contributed by atoms with Crippen LogP contribution >= 0.6 is 0 Å². The summed E-state index contributed by atoms with van der Waals surface area (Å²) >= 11 is 0. The second-order valence-corrected chi connectivity index (χ2v) is 4.26. The van der Waals surface area contributed by atoms with Crippen molar-refractivity contribution in [2.75, 3.05) is 10.6 Å². The lowest BCUT2D eigenvalue weighted by Crippen LogP contribution is -2.19. The van der Waals surface area contributed by atoms with Crippen molar-refractivity contribution in [1.29, 1.82) is 0 Å². The highest BCUT2D eigenvalue weighted by Gasteiger charge is 2.08. The van der Waals surface area contributed by atoms with Crippen LogP contribution in [0.5, 0.6) is 0 Å². The van der Waals surface area contributed by atoms with E-state index in [1.807, 2.05) is 0 Å². The summed E-state index contributed by atoms with van der Waals surface area (Å²) in [5.74, 6) is -1.01. The Kier molecular flexibility index (Phi) is 3.69. The van der Waals surface area contributed by atoms with Crippen LogP contribution in [0.15, 0.2) is 30.5 Å². The van der Waals surface area contributed by atoms with Crippen LogP contribution in [0.2, 0.25) is 0 Å². The van der Waals surface area contributed by atoms with Crippen molar-refractivity contribution in [2.45, 2.75) is 6.92 Å². The Labute approximate surface area is 115 Å². The van der Waals surface area contributed by atoms with E-state index in [9.17, 15) is 9.59 Å². The zero-order valence-electron chi connectivity index (χ0n) is 11.0. The summed E-state index contributed by atoms with van der Waals surface area (Å²) in [4.78, 5) is 22.5. The van der Waals surface area contributed by atoms with Gasteiger partial charge in [0.15, 0.2) is 0 Å². The van der Waals surface area contributed by atoms with Gasteiger partial charge in [0.05, 0.1) is 16.9 Å². The molecule has 0 radical (unpaired) electrons. The first-order valence-electron chi connectivity index (χ1n) is 5.87. The number of carboxylic acid groups (broad SMARTS) is 1. The van der Waals surface area contributed by atoms with Crippen LogP contribution in [0.3, 0.4) is 0 Å². The molecular formula is C13H14N4O3. The van der Waals surface area contributed by atoms with Gasteiger partial charge in [-0.05, 0) is 31.2 Å². The maximum Gasteiger partial charge on any atom is 0.335 e. The van der Waals surface area contributed by atoms with E-state index < -0.39 is 12.0 Å². The van der Waals surface area contributed by atoms with Crippen molar-refractivity contribution in [2.24, 2.45) is 7.05 Å². The van der Waals surface area contributed by atoms with E-state index in [1.54, 1.807) is 24.9 Å². The molecule has 20 heavy (non-hydrogen) atoms. The van der Waals surface area contributed by atoms with Crippen molar-refractivity contribution in [3.63, 3.8) is 0 Å². The largest absolute Gasteiger partial charge is 0.478 e. The van der Waals surface area contributed by atoms with Gasteiger partial charge in [0.2, 0.25) is 0 Å². The zero-order valence-corrected chi connectivity index (χ0v) is 11.0. The molecule has 7 heteroatoms. The van der Waals surface area contributed by atoms with Gasteiger partial charge in [0.25, 0.3) is 0 Å². The SMILES string of the molecule is Cc1nn(C)cc1NC(=O)Nc1ccc(C(=O)O)cc1. The molecule has 0 aliphatic carbocycles. The van der Waals surface area contributed by atoms with E-state index in [1.165, 1.54) is 24.3 Å². The first-order valence-corrected chi connectivity index (χ1v) is 5.87. The lowest BCUT2D eigenvalue weighted by Gasteiger charge is -2.06.